The van der Waals surface area contributed by atoms with Gasteiger partial charge in [-0.25, -0.2) is 9.97 Å². The summed E-state index contributed by atoms with van der Waals surface area (Å²) in [5.74, 6) is 0.554. The number of fused-ring (bicyclic) bond motifs is 1. The molecule has 0 radical (unpaired) electrons. The summed E-state index contributed by atoms with van der Waals surface area (Å²) in [6.45, 7) is 0. The highest BCUT2D eigenvalue weighted by Crippen LogP contribution is 2.26. The van der Waals surface area contributed by atoms with Crippen molar-refractivity contribution in [3.63, 3.8) is 0 Å². The SMILES string of the molecule is Cn1c(N)nc2ncnc-2c1O. The average Bonchev–Trinajstić information content (AvgIpc) is 2.48. The molecular weight excluding hydrogens is 158 g/mol. The zero-order chi connectivity index (χ0) is 8.72. The van der Waals surface area contributed by atoms with Gasteiger partial charge >= 0.3 is 0 Å². The summed E-state index contributed by atoms with van der Waals surface area (Å²) in [5.41, 5.74) is 5.84. The summed E-state index contributed by atoms with van der Waals surface area (Å²) < 4.78 is 1.34. The Morgan fingerprint density at radius 2 is 2.25 bits per heavy atom. The number of hydrogen-bond acceptors (Lipinski definition) is 5. The second-order valence-corrected chi connectivity index (χ2v) is 2.40. The van der Waals surface area contributed by atoms with Gasteiger partial charge in [-0.2, -0.15) is 4.98 Å². The summed E-state index contributed by atoms with van der Waals surface area (Å²) in [5, 5.41) is 9.47. The van der Waals surface area contributed by atoms with Crippen molar-refractivity contribution in [2.24, 2.45) is 7.05 Å². The van der Waals surface area contributed by atoms with E-state index in [9.17, 15) is 5.11 Å². The van der Waals surface area contributed by atoms with Crippen molar-refractivity contribution < 1.29 is 5.11 Å². The summed E-state index contributed by atoms with van der Waals surface area (Å²) in [4.78, 5) is 11.5. The van der Waals surface area contributed by atoms with Gasteiger partial charge in [0.15, 0.2) is 11.5 Å². The third-order valence-electron chi connectivity index (χ3n) is 1.67. The topological polar surface area (TPSA) is 89.9 Å². The highest BCUT2D eigenvalue weighted by molar-refractivity contribution is 5.59. The van der Waals surface area contributed by atoms with Crippen LogP contribution < -0.4 is 5.73 Å². The first-order chi connectivity index (χ1) is 5.70. The minimum absolute atomic E-state index is 0.0185. The van der Waals surface area contributed by atoms with Gasteiger partial charge in [0.05, 0.1) is 0 Å². The second kappa shape index (κ2) is 2.07. The molecule has 0 fully saturated rings. The van der Waals surface area contributed by atoms with Crippen molar-refractivity contribution in [1.29, 1.82) is 0 Å². The van der Waals surface area contributed by atoms with Crippen LogP contribution in [0.5, 0.6) is 5.88 Å². The predicted octanol–water partition coefficient (Wildman–Crippen LogP) is -0.397. The fraction of sp³-hybridized carbons (Fsp3) is 0.167. The Bertz CT molecular complexity index is 395. The van der Waals surface area contributed by atoms with E-state index in [1.54, 1.807) is 7.05 Å². The number of nitrogens with zero attached hydrogens (tertiary/aromatic N) is 4. The molecule has 0 saturated heterocycles. The van der Waals surface area contributed by atoms with Gasteiger partial charge < -0.3 is 10.8 Å². The Kier molecular flexibility index (Phi) is 1.18. The molecule has 0 bridgehead atoms. The van der Waals surface area contributed by atoms with Gasteiger partial charge in [-0.1, -0.05) is 0 Å². The Balaban J connectivity index is 2.85. The Hall–Kier alpha value is -1.85. The van der Waals surface area contributed by atoms with Crippen LogP contribution in [0, 0.1) is 0 Å². The number of hydrogen-bond donors (Lipinski definition) is 2. The third kappa shape index (κ3) is 0.714. The number of nitrogens with two attached hydrogens (primary N) is 1. The van der Waals surface area contributed by atoms with Crippen LogP contribution in [0.2, 0.25) is 0 Å². The minimum Gasteiger partial charge on any atom is -0.493 e. The van der Waals surface area contributed by atoms with E-state index < -0.39 is 0 Å². The second-order valence-electron chi connectivity index (χ2n) is 2.40. The zero-order valence-electron chi connectivity index (χ0n) is 6.39. The number of imidazole rings is 1. The molecule has 0 unspecified atom stereocenters. The first-order valence-corrected chi connectivity index (χ1v) is 3.32. The molecule has 2 rings (SSSR count). The van der Waals surface area contributed by atoms with Crippen LogP contribution in [0.4, 0.5) is 5.95 Å². The summed E-state index contributed by atoms with van der Waals surface area (Å²) in [7, 11) is 1.60. The molecule has 0 aliphatic carbocycles. The first kappa shape index (κ1) is 6.84. The normalized spacial score (nSPS) is 10.8. The van der Waals surface area contributed by atoms with Gasteiger partial charge in [0, 0.05) is 7.05 Å². The van der Waals surface area contributed by atoms with E-state index in [4.69, 9.17) is 5.73 Å². The molecule has 0 spiro atoms. The fourth-order valence-electron chi connectivity index (χ4n) is 0.951. The molecule has 62 valence electrons. The molecule has 6 nitrogen and oxygen atoms in total. The van der Waals surface area contributed by atoms with Crippen LogP contribution >= 0.6 is 0 Å². The van der Waals surface area contributed by atoms with E-state index in [-0.39, 0.29) is 11.8 Å². The maximum atomic E-state index is 9.47. The monoisotopic (exact) mass is 165 g/mol. The third-order valence-corrected chi connectivity index (χ3v) is 1.67. The highest BCUT2D eigenvalue weighted by Gasteiger charge is 2.16. The molecule has 0 amide bonds. The van der Waals surface area contributed by atoms with Gasteiger partial charge in [-0.05, 0) is 0 Å². The van der Waals surface area contributed by atoms with Crippen molar-refractivity contribution in [2.75, 3.05) is 5.73 Å². The van der Waals surface area contributed by atoms with Crippen LogP contribution in [0.15, 0.2) is 6.33 Å². The molecule has 0 aromatic rings. The Morgan fingerprint density at radius 1 is 1.50 bits per heavy atom. The number of rotatable bonds is 0. The number of anilines is 1. The Labute approximate surface area is 68.0 Å². The van der Waals surface area contributed by atoms with Crippen molar-refractivity contribution in [3.8, 4) is 17.4 Å². The largest absolute Gasteiger partial charge is 0.493 e. The Morgan fingerprint density at radius 3 is 3.00 bits per heavy atom. The van der Waals surface area contributed by atoms with Crippen molar-refractivity contribution >= 4 is 5.95 Å². The first-order valence-electron chi connectivity index (χ1n) is 3.32. The van der Waals surface area contributed by atoms with Crippen LogP contribution in [-0.4, -0.2) is 24.6 Å². The minimum atomic E-state index is -0.0185. The molecule has 12 heavy (non-hydrogen) atoms. The van der Waals surface area contributed by atoms with Crippen molar-refractivity contribution in [1.82, 2.24) is 19.5 Å². The van der Waals surface area contributed by atoms with E-state index in [2.05, 4.69) is 15.0 Å². The highest BCUT2D eigenvalue weighted by atomic mass is 16.3. The van der Waals surface area contributed by atoms with Crippen molar-refractivity contribution in [2.45, 2.75) is 0 Å². The lowest BCUT2D eigenvalue weighted by molar-refractivity contribution is 0.427. The van der Waals surface area contributed by atoms with E-state index in [0.29, 0.717) is 11.5 Å². The molecule has 2 heterocycles. The zero-order valence-corrected chi connectivity index (χ0v) is 6.39. The van der Waals surface area contributed by atoms with Gasteiger partial charge in [0.2, 0.25) is 11.8 Å². The lowest BCUT2D eigenvalue weighted by Crippen LogP contribution is -2.06. The van der Waals surface area contributed by atoms with Crippen LogP contribution in [0.3, 0.4) is 0 Å². The smallest absolute Gasteiger partial charge is 0.224 e. The van der Waals surface area contributed by atoms with Gasteiger partial charge in [0.1, 0.15) is 6.33 Å². The lowest BCUT2D eigenvalue weighted by Gasteiger charge is -2.07. The molecule has 3 N–H and O–H groups in total. The molecule has 2 aliphatic heterocycles. The van der Waals surface area contributed by atoms with Gasteiger partial charge in [-0.3, -0.25) is 4.57 Å². The van der Waals surface area contributed by atoms with Gasteiger partial charge in [-0.15, -0.1) is 0 Å². The standard InChI is InChI=1S/C6H7N5O/c1-11-5(12)3-4(9-2-8-3)10-6(11)7/h2,12H,1H3,(H2,7,8,9,10). The lowest BCUT2D eigenvalue weighted by atomic mass is 10.4. The maximum Gasteiger partial charge on any atom is 0.224 e. The van der Waals surface area contributed by atoms with Crippen LogP contribution in [0.1, 0.15) is 0 Å². The number of aromatic nitrogens is 4. The van der Waals surface area contributed by atoms with E-state index >= 15 is 0 Å². The summed E-state index contributed by atoms with van der Waals surface area (Å²) >= 11 is 0. The average molecular weight is 165 g/mol. The molecule has 6 heteroatoms. The number of nitrogen functional groups attached to an aromatic ring is 1. The van der Waals surface area contributed by atoms with E-state index in [0.717, 1.165) is 0 Å². The quantitative estimate of drug-likeness (QED) is 0.554. The molecule has 0 aromatic heterocycles. The number of aromatic hydroxyl groups is 1. The maximum absolute atomic E-state index is 9.47. The molecule has 2 aliphatic rings. The van der Waals surface area contributed by atoms with E-state index in [1.807, 2.05) is 0 Å². The fourth-order valence-corrected chi connectivity index (χ4v) is 0.951. The van der Waals surface area contributed by atoms with Crippen molar-refractivity contribution in [3.05, 3.63) is 6.33 Å². The molecule has 0 atom stereocenters. The summed E-state index contributed by atoms with van der Waals surface area (Å²) in [6, 6.07) is 0. The van der Waals surface area contributed by atoms with Gasteiger partial charge in [0.25, 0.3) is 0 Å². The van der Waals surface area contributed by atoms with Crippen LogP contribution in [0.25, 0.3) is 11.5 Å². The molecule has 0 saturated carbocycles. The predicted molar refractivity (Wildman–Crippen MR) is 41.5 cm³/mol. The molecular formula is C6H7N5O. The van der Waals surface area contributed by atoms with Crippen LogP contribution in [-0.2, 0) is 7.05 Å². The molecule has 0 aromatic carbocycles. The summed E-state index contributed by atoms with van der Waals surface area (Å²) in [6.07, 6.45) is 1.33. The van der Waals surface area contributed by atoms with E-state index in [1.165, 1.54) is 10.9 Å².